The van der Waals surface area contributed by atoms with Gasteiger partial charge in [-0.2, -0.15) is 0 Å². The molecule has 102 valence electrons. The van der Waals surface area contributed by atoms with E-state index in [-0.39, 0.29) is 6.42 Å². The van der Waals surface area contributed by atoms with Gasteiger partial charge in [-0.25, -0.2) is 4.98 Å². The lowest BCUT2D eigenvalue weighted by atomic mass is 10.1. The van der Waals surface area contributed by atoms with Crippen LogP contribution >= 0.6 is 0 Å². The van der Waals surface area contributed by atoms with Crippen molar-refractivity contribution in [2.75, 3.05) is 14.2 Å². The number of esters is 2. The van der Waals surface area contributed by atoms with Gasteiger partial charge in [-0.3, -0.25) is 9.59 Å². The van der Waals surface area contributed by atoms with Gasteiger partial charge in [0.25, 0.3) is 0 Å². The zero-order valence-corrected chi connectivity index (χ0v) is 11.0. The molecule has 0 unspecified atom stereocenters. The van der Waals surface area contributed by atoms with Crippen LogP contribution in [-0.4, -0.2) is 31.1 Å². The molecular weight excluding hydrogens is 250 g/mol. The monoisotopic (exact) mass is 265 g/mol. The molecule has 1 aromatic rings. The van der Waals surface area contributed by atoms with Gasteiger partial charge in [-0.1, -0.05) is 0 Å². The summed E-state index contributed by atoms with van der Waals surface area (Å²) in [6.45, 7) is 1.28. The van der Waals surface area contributed by atoms with E-state index in [1.54, 1.807) is 12.1 Å². The average Bonchev–Trinajstić information content (AvgIpc) is 2.43. The minimum absolute atomic E-state index is 0.0161. The average molecular weight is 265 g/mol. The Hall–Kier alpha value is -2.37. The maximum absolute atomic E-state index is 11.3. The fourth-order valence-corrected chi connectivity index (χ4v) is 1.28. The Morgan fingerprint density at radius 3 is 2.53 bits per heavy atom. The summed E-state index contributed by atoms with van der Waals surface area (Å²) < 4.78 is 14.3. The Bertz CT molecular complexity index is 478. The van der Waals surface area contributed by atoms with Crippen LogP contribution in [0.4, 0.5) is 0 Å². The van der Waals surface area contributed by atoms with E-state index in [4.69, 9.17) is 9.47 Å². The maximum atomic E-state index is 11.3. The minimum Gasteiger partial charge on any atom is -0.481 e. The van der Waals surface area contributed by atoms with Crippen molar-refractivity contribution in [3.63, 3.8) is 0 Å². The Morgan fingerprint density at radius 1 is 1.32 bits per heavy atom. The summed E-state index contributed by atoms with van der Waals surface area (Å²) in [7, 11) is 2.80. The summed E-state index contributed by atoms with van der Waals surface area (Å²) in [4.78, 5) is 26.2. The highest BCUT2D eigenvalue weighted by molar-refractivity contribution is 5.85. The lowest BCUT2D eigenvalue weighted by Gasteiger charge is -2.07. The fraction of sp³-hybridized carbons (Fsp3) is 0.308. The van der Waals surface area contributed by atoms with Crippen LogP contribution in [0.15, 0.2) is 24.6 Å². The summed E-state index contributed by atoms with van der Waals surface area (Å²) in [5, 5.41) is 0. The van der Waals surface area contributed by atoms with Gasteiger partial charge >= 0.3 is 11.9 Å². The molecule has 0 aromatic carbocycles. The van der Waals surface area contributed by atoms with E-state index in [2.05, 4.69) is 9.72 Å². The molecule has 19 heavy (non-hydrogen) atoms. The van der Waals surface area contributed by atoms with Crippen LogP contribution in [0.3, 0.4) is 0 Å². The van der Waals surface area contributed by atoms with Crippen LogP contribution in [0.5, 0.6) is 5.88 Å². The number of aromatic nitrogens is 1. The van der Waals surface area contributed by atoms with Crippen molar-refractivity contribution < 1.29 is 23.8 Å². The van der Waals surface area contributed by atoms with Crippen molar-refractivity contribution in [2.45, 2.75) is 13.3 Å². The zero-order valence-electron chi connectivity index (χ0n) is 11.0. The van der Waals surface area contributed by atoms with E-state index in [1.807, 2.05) is 0 Å². The zero-order chi connectivity index (χ0) is 14.3. The van der Waals surface area contributed by atoms with E-state index < -0.39 is 11.9 Å². The van der Waals surface area contributed by atoms with E-state index in [1.165, 1.54) is 33.6 Å². The Kier molecular flexibility index (Phi) is 5.53. The van der Waals surface area contributed by atoms with Crippen molar-refractivity contribution in [2.24, 2.45) is 0 Å². The SMILES string of the molecule is COC(=O)CC(=COC(C)=O)c1ccc(OC)nc1. The summed E-state index contributed by atoms with van der Waals surface area (Å²) in [5.41, 5.74) is 1.14. The highest BCUT2D eigenvalue weighted by Gasteiger charge is 2.10. The summed E-state index contributed by atoms with van der Waals surface area (Å²) >= 11 is 0. The van der Waals surface area contributed by atoms with Crippen molar-refractivity contribution >= 4 is 17.5 Å². The second-order valence-corrected chi connectivity index (χ2v) is 3.59. The highest BCUT2D eigenvalue weighted by Crippen LogP contribution is 2.20. The van der Waals surface area contributed by atoms with Gasteiger partial charge in [0.1, 0.15) is 0 Å². The smallest absolute Gasteiger partial charge is 0.310 e. The van der Waals surface area contributed by atoms with Gasteiger partial charge in [0, 0.05) is 24.8 Å². The molecule has 0 saturated heterocycles. The molecular formula is C13H15NO5. The van der Waals surface area contributed by atoms with Gasteiger partial charge in [0.05, 0.1) is 26.9 Å². The standard InChI is InChI=1S/C13H15NO5/c1-9(15)19-8-11(6-13(16)18-3)10-4-5-12(17-2)14-7-10/h4-5,7-8H,6H2,1-3H3. The lowest BCUT2D eigenvalue weighted by molar-refractivity contribution is -0.139. The number of rotatable bonds is 5. The molecule has 0 bridgehead atoms. The first kappa shape index (κ1) is 14.7. The number of nitrogens with zero attached hydrogens (tertiary/aromatic N) is 1. The predicted octanol–water partition coefficient (Wildman–Crippen LogP) is 1.56. The fourth-order valence-electron chi connectivity index (χ4n) is 1.28. The molecule has 0 aliphatic carbocycles. The number of methoxy groups -OCH3 is 2. The van der Waals surface area contributed by atoms with E-state index in [0.29, 0.717) is 17.0 Å². The Morgan fingerprint density at radius 2 is 2.05 bits per heavy atom. The molecule has 0 atom stereocenters. The van der Waals surface area contributed by atoms with Crippen molar-refractivity contribution in [3.05, 3.63) is 30.2 Å². The van der Waals surface area contributed by atoms with Gasteiger partial charge < -0.3 is 14.2 Å². The summed E-state index contributed by atoms with van der Waals surface area (Å²) in [6.07, 6.45) is 2.73. The van der Waals surface area contributed by atoms with Crippen LogP contribution in [0.2, 0.25) is 0 Å². The molecule has 0 fully saturated rings. The number of hydrogen-bond acceptors (Lipinski definition) is 6. The second kappa shape index (κ2) is 7.15. The summed E-state index contributed by atoms with van der Waals surface area (Å²) in [6, 6.07) is 3.36. The molecule has 0 spiro atoms. The highest BCUT2D eigenvalue weighted by atomic mass is 16.5. The molecule has 0 aliphatic rings. The van der Waals surface area contributed by atoms with Gasteiger partial charge in [-0.15, -0.1) is 0 Å². The van der Waals surface area contributed by atoms with Crippen LogP contribution in [0.1, 0.15) is 18.9 Å². The third kappa shape index (κ3) is 4.79. The number of hydrogen-bond donors (Lipinski definition) is 0. The first-order valence-electron chi connectivity index (χ1n) is 5.50. The lowest BCUT2D eigenvalue weighted by Crippen LogP contribution is -2.03. The van der Waals surface area contributed by atoms with E-state index >= 15 is 0 Å². The largest absolute Gasteiger partial charge is 0.481 e. The van der Waals surface area contributed by atoms with Crippen LogP contribution in [0, 0.1) is 0 Å². The van der Waals surface area contributed by atoms with Crippen molar-refractivity contribution in [1.29, 1.82) is 0 Å². The van der Waals surface area contributed by atoms with E-state index in [0.717, 1.165) is 0 Å². The maximum Gasteiger partial charge on any atom is 0.310 e. The molecule has 0 aliphatic heterocycles. The second-order valence-electron chi connectivity index (χ2n) is 3.59. The van der Waals surface area contributed by atoms with Crippen molar-refractivity contribution in [1.82, 2.24) is 4.98 Å². The minimum atomic E-state index is -0.469. The quantitative estimate of drug-likeness (QED) is 0.594. The van der Waals surface area contributed by atoms with Crippen LogP contribution < -0.4 is 4.74 Å². The molecule has 1 aromatic heterocycles. The molecule has 6 heteroatoms. The molecule has 1 rings (SSSR count). The third-order valence-corrected chi connectivity index (χ3v) is 2.25. The van der Waals surface area contributed by atoms with Crippen LogP contribution in [-0.2, 0) is 19.1 Å². The number of ether oxygens (including phenoxy) is 3. The Balaban J connectivity index is 2.96. The molecule has 1 heterocycles. The molecule has 6 nitrogen and oxygen atoms in total. The number of pyridine rings is 1. The first-order chi connectivity index (χ1) is 9.06. The molecule has 0 radical (unpaired) electrons. The topological polar surface area (TPSA) is 74.7 Å². The molecule has 0 amide bonds. The molecule has 0 saturated carbocycles. The number of carbonyl (C=O) groups is 2. The van der Waals surface area contributed by atoms with Gasteiger partial charge in [0.2, 0.25) is 5.88 Å². The van der Waals surface area contributed by atoms with Crippen LogP contribution in [0.25, 0.3) is 5.57 Å². The van der Waals surface area contributed by atoms with Gasteiger partial charge in [0.15, 0.2) is 0 Å². The van der Waals surface area contributed by atoms with E-state index in [9.17, 15) is 9.59 Å². The predicted molar refractivity (Wildman–Crippen MR) is 67.2 cm³/mol. The Labute approximate surface area is 111 Å². The third-order valence-electron chi connectivity index (χ3n) is 2.25. The summed E-state index contributed by atoms with van der Waals surface area (Å²) in [5.74, 6) is -0.452. The van der Waals surface area contributed by atoms with Gasteiger partial charge in [-0.05, 0) is 11.6 Å². The number of carbonyl (C=O) groups excluding carboxylic acids is 2. The van der Waals surface area contributed by atoms with Crippen molar-refractivity contribution in [3.8, 4) is 5.88 Å². The first-order valence-corrected chi connectivity index (χ1v) is 5.50. The molecule has 0 N–H and O–H groups in total. The normalized spacial score (nSPS) is 10.8.